The number of carbonyl (C=O) groups is 1. The number of sulfonamides is 1. The van der Waals surface area contributed by atoms with Crippen LogP contribution in [-0.4, -0.2) is 41.3 Å². The summed E-state index contributed by atoms with van der Waals surface area (Å²) in [5.41, 5.74) is 2.85. The lowest BCUT2D eigenvalue weighted by Gasteiger charge is -2.26. The number of fused-ring (bicyclic) bond motifs is 1. The molecule has 0 radical (unpaired) electrons. The van der Waals surface area contributed by atoms with Gasteiger partial charge in [0.1, 0.15) is 11.5 Å². The molecule has 1 amide bonds. The molecule has 1 aliphatic carbocycles. The Morgan fingerprint density at radius 1 is 1.17 bits per heavy atom. The molecule has 3 rings (SSSR count). The third-order valence-corrected chi connectivity index (χ3v) is 6.27. The van der Waals surface area contributed by atoms with E-state index in [9.17, 15) is 13.2 Å². The molecule has 7 nitrogen and oxygen atoms in total. The summed E-state index contributed by atoms with van der Waals surface area (Å²) in [7, 11) is -0.191. The summed E-state index contributed by atoms with van der Waals surface area (Å²) in [5, 5.41) is 3.04. The summed E-state index contributed by atoms with van der Waals surface area (Å²) < 4.78 is 35.2. The van der Waals surface area contributed by atoms with Gasteiger partial charge in [-0.3, -0.25) is 9.10 Å². The third kappa shape index (κ3) is 5.20. The van der Waals surface area contributed by atoms with Crippen molar-refractivity contribution >= 4 is 21.6 Å². The number of nitrogens with zero attached hydrogens (tertiary/aromatic N) is 1. The highest BCUT2D eigenvalue weighted by molar-refractivity contribution is 7.92. The number of ether oxygens (including phenoxy) is 2. The van der Waals surface area contributed by atoms with Gasteiger partial charge < -0.3 is 14.8 Å². The van der Waals surface area contributed by atoms with Gasteiger partial charge in [0.2, 0.25) is 10.0 Å². The van der Waals surface area contributed by atoms with Gasteiger partial charge in [0.05, 0.1) is 25.1 Å². The maximum absolute atomic E-state index is 12.4. The van der Waals surface area contributed by atoms with Crippen LogP contribution in [0, 0.1) is 0 Å². The Kier molecular flexibility index (Phi) is 6.32. The van der Waals surface area contributed by atoms with Gasteiger partial charge in [-0.15, -0.1) is 0 Å². The Morgan fingerprint density at radius 3 is 2.52 bits per heavy atom. The Balaban J connectivity index is 1.57. The first-order valence-corrected chi connectivity index (χ1v) is 11.3. The maximum Gasteiger partial charge on any atom is 0.258 e. The molecule has 1 aliphatic rings. The highest BCUT2D eigenvalue weighted by Gasteiger charge is 2.22. The highest BCUT2D eigenvalue weighted by atomic mass is 32.2. The van der Waals surface area contributed by atoms with Crippen molar-refractivity contribution in [2.24, 2.45) is 0 Å². The van der Waals surface area contributed by atoms with Gasteiger partial charge in [0, 0.05) is 7.05 Å². The van der Waals surface area contributed by atoms with E-state index in [0.717, 1.165) is 36.8 Å². The fourth-order valence-electron chi connectivity index (χ4n) is 3.40. The van der Waals surface area contributed by atoms with Crippen molar-refractivity contribution in [2.75, 3.05) is 31.3 Å². The minimum absolute atomic E-state index is 0.0356. The third-order valence-electron chi connectivity index (χ3n) is 5.07. The second-order valence-corrected chi connectivity index (χ2v) is 9.10. The maximum atomic E-state index is 12.4. The predicted octanol–water partition coefficient (Wildman–Crippen LogP) is 2.66. The minimum atomic E-state index is -3.32. The number of methoxy groups -OCH3 is 1. The SMILES string of the molecule is COc1ccc2c(c1)CCC[C@@H]2NC(=O)COc1ccc(N(C)S(C)(=O)=O)cc1. The molecule has 1 atom stereocenters. The molecule has 1 N–H and O–H groups in total. The molecule has 2 aromatic rings. The van der Waals surface area contributed by atoms with Crippen LogP contribution in [0.4, 0.5) is 5.69 Å². The normalized spacial score (nSPS) is 15.9. The lowest BCUT2D eigenvalue weighted by Crippen LogP contribution is -2.34. The van der Waals surface area contributed by atoms with Crippen molar-refractivity contribution < 1.29 is 22.7 Å². The van der Waals surface area contributed by atoms with Crippen LogP contribution >= 0.6 is 0 Å². The van der Waals surface area contributed by atoms with Gasteiger partial charge in [-0.05, 0) is 66.8 Å². The van der Waals surface area contributed by atoms with Crippen molar-refractivity contribution in [3.8, 4) is 11.5 Å². The van der Waals surface area contributed by atoms with E-state index in [2.05, 4.69) is 5.32 Å². The Morgan fingerprint density at radius 2 is 1.86 bits per heavy atom. The highest BCUT2D eigenvalue weighted by Crippen LogP contribution is 2.32. The topological polar surface area (TPSA) is 84.9 Å². The average molecular weight is 419 g/mol. The lowest BCUT2D eigenvalue weighted by atomic mass is 9.87. The predicted molar refractivity (Wildman–Crippen MR) is 112 cm³/mol. The first kappa shape index (κ1) is 21.0. The molecule has 0 fully saturated rings. The molecular weight excluding hydrogens is 392 g/mol. The first-order chi connectivity index (χ1) is 13.8. The summed E-state index contributed by atoms with van der Waals surface area (Å²) in [6, 6.07) is 12.5. The second kappa shape index (κ2) is 8.73. The minimum Gasteiger partial charge on any atom is -0.497 e. The van der Waals surface area contributed by atoms with Gasteiger partial charge >= 0.3 is 0 Å². The van der Waals surface area contributed by atoms with E-state index in [4.69, 9.17) is 9.47 Å². The van der Waals surface area contributed by atoms with E-state index in [0.29, 0.717) is 11.4 Å². The van der Waals surface area contributed by atoms with Crippen molar-refractivity contribution in [3.63, 3.8) is 0 Å². The number of anilines is 1. The van der Waals surface area contributed by atoms with Crippen LogP contribution in [0.2, 0.25) is 0 Å². The summed E-state index contributed by atoms with van der Waals surface area (Å²) in [4.78, 5) is 12.4. The molecule has 0 bridgehead atoms. The summed E-state index contributed by atoms with van der Waals surface area (Å²) in [5.74, 6) is 1.12. The van der Waals surface area contributed by atoms with E-state index in [1.807, 2.05) is 18.2 Å². The fraction of sp³-hybridized carbons (Fsp3) is 0.381. The smallest absolute Gasteiger partial charge is 0.258 e. The molecule has 0 unspecified atom stereocenters. The number of benzene rings is 2. The number of nitrogens with one attached hydrogen (secondary N) is 1. The van der Waals surface area contributed by atoms with Crippen molar-refractivity contribution in [2.45, 2.75) is 25.3 Å². The van der Waals surface area contributed by atoms with Gasteiger partial charge in [-0.1, -0.05) is 6.07 Å². The molecule has 0 aliphatic heterocycles. The first-order valence-electron chi connectivity index (χ1n) is 9.41. The van der Waals surface area contributed by atoms with Crippen LogP contribution in [0.1, 0.15) is 30.0 Å². The summed E-state index contributed by atoms with van der Waals surface area (Å²) in [6.45, 7) is -0.108. The monoisotopic (exact) mass is 418 g/mol. The number of hydrogen-bond acceptors (Lipinski definition) is 5. The largest absolute Gasteiger partial charge is 0.497 e. The number of amides is 1. The zero-order chi connectivity index (χ0) is 21.0. The summed E-state index contributed by atoms with van der Waals surface area (Å²) in [6.07, 6.45) is 4.00. The van der Waals surface area contributed by atoms with Crippen molar-refractivity contribution in [1.29, 1.82) is 0 Å². The molecule has 0 heterocycles. The van der Waals surface area contributed by atoms with Gasteiger partial charge in [-0.25, -0.2) is 8.42 Å². The van der Waals surface area contributed by atoms with Gasteiger partial charge in [0.25, 0.3) is 5.91 Å². The van der Waals surface area contributed by atoms with E-state index in [1.165, 1.54) is 16.9 Å². The van der Waals surface area contributed by atoms with E-state index in [-0.39, 0.29) is 18.6 Å². The zero-order valence-corrected chi connectivity index (χ0v) is 17.7. The van der Waals surface area contributed by atoms with Gasteiger partial charge in [-0.2, -0.15) is 0 Å². The van der Waals surface area contributed by atoms with Crippen LogP contribution in [0.25, 0.3) is 0 Å². The molecule has 0 aromatic heterocycles. The summed E-state index contributed by atoms with van der Waals surface area (Å²) >= 11 is 0. The quantitative estimate of drug-likeness (QED) is 0.747. The van der Waals surface area contributed by atoms with Crippen LogP contribution < -0.4 is 19.1 Å². The molecule has 156 valence electrons. The van der Waals surface area contributed by atoms with Crippen LogP contribution in [-0.2, 0) is 21.2 Å². The zero-order valence-electron chi connectivity index (χ0n) is 16.8. The Labute approximate surface area is 171 Å². The lowest BCUT2D eigenvalue weighted by molar-refractivity contribution is -0.123. The molecular formula is C21H26N2O5S. The van der Waals surface area contributed by atoms with Crippen LogP contribution in [0.15, 0.2) is 42.5 Å². The molecule has 0 saturated carbocycles. The van der Waals surface area contributed by atoms with E-state index in [1.54, 1.807) is 31.4 Å². The number of aryl methyl sites for hydroxylation is 1. The van der Waals surface area contributed by atoms with E-state index < -0.39 is 10.0 Å². The number of carbonyl (C=O) groups excluding carboxylic acids is 1. The number of rotatable bonds is 7. The molecule has 0 spiro atoms. The van der Waals surface area contributed by atoms with Crippen molar-refractivity contribution in [1.82, 2.24) is 5.32 Å². The average Bonchev–Trinajstić information content (AvgIpc) is 2.71. The molecule has 8 heteroatoms. The Hall–Kier alpha value is -2.74. The second-order valence-electron chi connectivity index (χ2n) is 7.09. The van der Waals surface area contributed by atoms with Gasteiger partial charge in [0.15, 0.2) is 6.61 Å². The van der Waals surface area contributed by atoms with Crippen molar-refractivity contribution in [3.05, 3.63) is 53.6 Å². The van der Waals surface area contributed by atoms with Crippen LogP contribution in [0.3, 0.4) is 0 Å². The number of hydrogen-bond donors (Lipinski definition) is 1. The Bertz CT molecular complexity index is 973. The molecule has 29 heavy (non-hydrogen) atoms. The molecule has 0 saturated heterocycles. The van der Waals surface area contributed by atoms with Crippen LogP contribution in [0.5, 0.6) is 11.5 Å². The molecule has 2 aromatic carbocycles. The standard InChI is InChI=1S/C21H26N2O5S/c1-23(29(3,25)26)16-7-9-17(10-8-16)28-14-21(24)22-20-6-4-5-15-13-18(27-2)11-12-19(15)20/h7-13,20H,4-6,14H2,1-3H3,(H,22,24)/t20-/m0/s1. The van der Waals surface area contributed by atoms with E-state index >= 15 is 0 Å². The fourth-order valence-corrected chi connectivity index (χ4v) is 3.90.